The Hall–Kier alpha value is -0.200. The van der Waals surface area contributed by atoms with Crippen LogP contribution in [0.15, 0.2) is 0 Å². The molecule has 2 atom stereocenters. The van der Waals surface area contributed by atoms with Gasteiger partial charge in [-0.2, -0.15) is 0 Å². The fourth-order valence-corrected chi connectivity index (χ4v) is 2.12. The highest BCUT2D eigenvalue weighted by atomic mass is 16.5. The molecule has 0 aliphatic carbocycles. The number of nitrogens with one attached hydrogen (secondary N) is 1. The van der Waals surface area contributed by atoms with Gasteiger partial charge in [-0.15, -0.1) is 0 Å². The SMILES string of the molecule is COCCOCC(O)CNC(C)C1CCOCC1. The summed E-state index contributed by atoms with van der Waals surface area (Å²) in [6.45, 7) is 5.93. The highest BCUT2D eigenvalue weighted by Crippen LogP contribution is 2.18. The van der Waals surface area contributed by atoms with Crippen LogP contribution in [-0.2, 0) is 14.2 Å². The van der Waals surface area contributed by atoms with Crippen molar-refractivity contribution in [3.05, 3.63) is 0 Å². The number of aliphatic hydroxyl groups is 1. The predicted molar refractivity (Wildman–Crippen MR) is 69.7 cm³/mol. The zero-order valence-electron chi connectivity index (χ0n) is 11.6. The van der Waals surface area contributed by atoms with Crippen LogP contribution in [-0.4, -0.2) is 63.9 Å². The Balaban J connectivity index is 2.03. The van der Waals surface area contributed by atoms with Gasteiger partial charge in [0.15, 0.2) is 0 Å². The molecule has 0 amide bonds. The van der Waals surface area contributed by atoms with Crippen LogP contribution in [0.4, 0.5) is 0 Å². The fraction of sp³-hybridized carbons (Fsp3) is 1.00. The van der Waals surface area contributed by atoms with Gasteiger partial charge in [0.1, 0.15) is 0 Å². The predicted octanol–water partition coefficient (Wildman–Crippen LogP) is 0.415. The third-order valence-corrected chi connectivity index (χ3v) is 3.39. The third kappa shape index (κ3) is 6.66. The summed E-state index contributed by atoms with van der Waals surface area (Å²) in [5.74, 6) is 0.653. The van der Waals surface area contributed by atoms with Crippen LogP contribution < -0.4 is 5.32 Å². The van der Waals surface area contributed by atoms with E-state index in [1.807, 2.05) is 0 Å². The number of hydrogen-bond donors (Lipinski definition) is 2. The molecule has 1 aliphatic heterocycles. The van der Waals surface area contributed by atoms with Crippen molar-refractivity contribution in [2.24, 2.45) is 5.92 Å². The number of rotatable bonds is 9. The molecule has 1 fully saturated rings. The molecule has 5 nitrogen and oxygen atoms in total. The maximum Gasteiger partial charge on any atom is 0.0897 e. The second-order valence-corrected chi connectivity index (χ2v) is 4.87. The molecular formula is C13H27NO4. The molecule has 1 rings (SSSR count). The largest absolute Gasteiger partial charge is 0.389 e. The van der Waals surface area contributed by atoms with Gasteiger partial charge in [-0.05, 0) is 25.7 Å². The Kier molecular flexibility index (Phi) is 8.54. The third-order valence-electron chi connectivity index (χ3n) is 3.39. The minimum Gasteiger partial charge on any atom is -0.389 e. The summed E-state index contributed by atoms with van der Waals surface area (Å²) in [5, 5.41) is 13.1. The van der Waals surface area contributed by atoms with Crippen molar-refractivity contribution in [3.8, 4) is 0 Å². The molecule has 0 spiro atoms. The van der Waals surface area contributed by atoms with E-state index in [4.69, 9.17) is 14.2 Å². The maximum atomic E-state index is 9.74. The topological polar surface area (TPSA) is 60.0 Å². The summed E-state index contributed by atoms with van der Waals surface area (Å²) in [5.41, 5.74) is 0. The number of hydrogen-bond acceptors (Lipinski definition) is 5. The Morgan fingerprint density at radius 2 is 2.06 bits per heavy atom. The summed E-state index contributed by atoms with van der Waals surface area (Å²) < 4.78 is 15.5. The number of aliphatic hydroxyl groups excluding tert-OH is 1. The summed E-state index contributed by atoms with van der Waals surface area (Å²) in [6.07, 6.45) is 1.76. The first-order chi connectivity index (χ1) is 8.74. The van der Waals surface area contributed by atoms with Crippen molar-refractivity contribution in [2.45, 2.75) is 31.9 Å². The Morgan fingerprint density at radius 1 is 1.33 bits per heavy atom. The molecule has 1 heterocycles. The van der Waals surface area contributed by atoms with E-state index in [0.717, 1.165) is 26.1 Å². The van der Waals surface area contributed by atoms with Crippen LogP contribution in [0.2, 0.25) is 0 Å². The lowest BCUT2D eigenvalue weighted by Gasteiger charge is -2.29. The van der Waals surface area contributed by atoms with Gasteiger partial charge in [0, 0.05) is 32.9 Å². The van der Waals surface area contributed by atoms with Gasteiger partial charge in [0.25, 0.3) is 0 Å². The standard InChI is InChI=1S/C13H27NO4/c1-11(12-3-5-17-6-4-12)14-9-13(15)10-18-8-7-16-2/h11-15H,3-10H2,1-2H3. The molecule has 1 saturated heterocycles. The molecule has 2 unspecified atom stereocenters. The number of ether oxygens (including phenoxy) is 3. The Morgan fingerprint density at radius 3 is 2.72 bits per heavy atom. The molecule has 0 aromatic heterocycles. The Bertz CT molecular complexity index is 197. The van der Waals surface area contributed by atoms with Gasteiger partial charge >= 0.3 is 0 Å². The van der Waals surface area contributed by atoms with E-state index in [1.54, 1.807) is 7.11 Å². The highest BCUT2D eigenvalue weighted by Gasteiger charge is 2.20. The molecule has 18 heavy (non-hydrogen) atoms. The van der Waals surface area contributed by atoms with E-state index in [2.05, 4.69) is 12.2 Å². The minimum absolute atomic E-state index is 0.358. The zero-order chi connectivity index (χ0) is 13.2. The Labute approximate surface area is 110 Å². The lowest BCUT2D eigenvalue weighted by Crippen LogP contribution is -2.41. The van der Waals surface area contributed by atoms with E-state index < -0.39 is 6.10 Å². The lowest BCUT2D eigenvalue weighted by atomic mass is 9.93. The normalized spacial score (nSPS) is 20.8. The van der Waals surface area contributed by atoms with Crippen molar-refractivity contribution < 1.29 is 19.3 Å². The van der Waals surface area contributed by atoms with Crippen LogP contribution in [0.1, 0.15) is 19.8 Å². The van der Waals surface area contributed by atoms with Crippen molar-refractivity contribution in [1.29, 1.82) is 0 Å². The van der Waals surface area contributed by atoms with E-state index in [9.17, 15) is 5.11 Å². The molecule has 1 aliphatic rings. The first-order valence-electron chi connectivity index (χ1n) is 6.80. The highest BCUT2D eigenvalue weighted by molar-refractivity contribution is 4.75. The molecule has 108 valence electrons. The van der Waals surface area contributed by atoms with Gasteiger partial charge in [0.2, 0.25) is 0 Å². The van der Waals surface area contributed by atoms with Crippen LogP contribution in [0.3, 0.4) is 0 Å². The summed E-state index contributed by atoms with van der Waals surface area (Å²) in [4.78, 5) is 0. The van der Waals surface area contributed by atoms with Crippen LogP contribution >= 0.6 is 0 Å². The molecule has 0 saturated carbocycles. The number of methoxy groups -OCH3 is 1. The fourth-order valence-electron chi connectivity index (χ4n) is 2.12. The molecule has 0 aromatic rings. The van der Waals surface area contributed by atoms with Gasteiger partial charge < -0.3 is 24.6 Å². The quantitative estimate of drug-likeness (QED) is 0.589. The van der Waals surface area contributed by atoms with Crippen LogP contribution in [0, 0.1) is 5.92 Å². The van der Waals surface area contributed by atoms with Gasteiger partial charge in [-0.1, -0.05) is 0 Å². The molecule has 0 radical (unpaired) electrons. The zero-order valence-corrected chi connectivity index (χ0v) is 11.6. The van der Waals surface area contributed by atoms with E-state index in [0.29, 0.717) is 38.3 Å². The summed E-state index contributed by atoms with van der Waals surface area (Å²) >= 11 is 0. The van der Waals surface area contributed by atoms with Gasteiger partial charge in [0.05, 0.1) is 25.9 Å². The molecule has 2 N–H and O–H groups in total. The van der Waals surface area contributed by atoms with E-state index in [1.165, 1.54) is 0 Å². The van der Waals surface area contributed by atoms with E-state index >= 15 is 0 Å². The van der Waals surface area contributed by atoms with Crippen LogP contribution in [0.25, 0.3) is 0 Å². The first kappa shape index (κ1) is 15.9. The average Bonchev–Trinajstić information content (AvgIpc) is 2.42. The average molecular weight is 261 g/mol. The molecular weight excluding hydrogens is 234 g/mol. The van der Waals surface area contributed by atoms with Gasteiger partial charge in [-0.3, -0.25) is 0 Å². The maximum absolute atomic E-state index is 9.74. The van der Waals surface area contributed by atoms with Gasteiger partial charge in [-0.25, -0.2) is 0 Å². The first-order valence-corrected chi connectivity index (χ1v) is 6.80. The van der Waals surface area contributed by atoms with Crippen molar-refractivity contribution in [2.75, 3.05) is 46.7 Å². The summed E-state index contributed by atoms with van der Waals surface area (Å²) in [7, 11) is 1.64. The second-order valence-electron chi connectivity index (χ2n) is 4.87. The molecule has 5 heteroatoms. The second kappa shape index (κ2) is 9.69. The van der Waals surface area contributed by atoms with E-state index in [-0.39, 0.29) is 0 Å². The minimum atomic E-state index is -0.454. The van der Waals surface area contributed by atoms with Crippen molar-refractivity contribution in [1.82, 2.24) is 5.32 Å². The molecule has 0 bridgehead atoms. The lowest BCUT2D eigenvalue weighted by molar-refractivity contribution is 0.0103. The monoisotopic (exact) mass is 261 g/mol. The van der Waals surface area contributed by atoms with Crippen molar-refractivity contribution >= 4 is 0 Å². The van der Waals surface area contributed by atoms with Crippen molar-refractivity contribution in [3.63, 3.8) is 0 Å². The van der Waals surface area contributed by atoms with Crippen LogP contribution in [0.5, 0.6) is 0 Å². The smallest absolute Gasteiger partial charge is 0.0897 e. The molecule has 0 aromatic carbocycles. The summed E-state index contributed by atoms with van der Waals surface area (Å²) in [6, 6.07) is 0.419.